The van der Waals surface area contributed by atoms with Crippen LogP contribution in [-0.4, -0.2) is 37.8 Å². The number of benzene rings is 5. The van der Waals surface area contributed by atoms with E-state index < -0.39 is 41.9 Å². The molecule has 5 rings (SSSR count). The number of carboxylic acids is 1. The molecule has 0 aliphatic carbocycles. The van der Waals surface area contributed by atoms with Gasteiger partial charge >= 0.3 is 88.7 Å². The first-order chi connectivity index (χ1) is 21.2. The molecule has 0 radical (unpaired) electrons. The monoisotopic (exact) mass is 714 g/mol. The smallest absolute Gasteiger partial charge is 0.857 e. The summed E-state index contributed by atoms with van der Waals surface area (Å²) in [5.74, 6) is -3.41. The molecular weight excluding hydrogens is 697 g/mol. The van der Waals surface area contributed by atoms with Crippen LogP contribution in [0.15, 0.2) is 120 Å². The summed E-state index contributed by atoms with van der Waals surface area (Å²) in [5, 5.41) is 39.8. The van der Waals surface area contributed by atoms with Crippen LogP contribution in [0.2, 0.25) is 0 Å². The van der Waals surface area contributed by atoms with E-state index in [0.717, 1.165) is 24.3 Å². The Hall–Kier alpha value is -2.62. The number of fused-ring (bicyclic) bond motifs is 2. The van der Waals surface area contributed by atoms with Crippen LogP contribution in [0.4, 0.5) is 34.1 Å². The van der Waals surface area contributed by atoms with Crippen LogP contribution in [0.1, 0.15) is 0 Å². The number of carbonyl (C=O) groups is 1. The Bertz CT molecular complexity index is 2340. The van der Waals surface area contributed by atoms with Crippen molar-refractivity contribution >= 4 is 87.8 Å². The van der Waals surface area contributed by atoms with E-state index >= 15 is 0 Å². The molecule has 0 aromatic heterocycles. The standard InChI is InChI=1S/C28H20N6O9S2.3Na/c29-23-9-10-25(21-13-17(44(38,39)40)5-7-19(21)23)34-33-24-11-12-26(22-14-18(45(41,42)43)6-8-20(22)24)32-31-16-3-1-15(2-4-16)30-27(35)28(36)37;;;/h1-14H,29H2,(H,30,35)(H,36,37)(H,38,39,40)(H,41,42,43);;;/q;3*+1/p-3. The summed E-state index contributed by atoms with van der Waals surface area (Å²) in [6.07, 6.45) is 0. The van der Waals surface area contributed by atoms with Crippen molar-refractivity contribution in [2.75, 3.05) is 5.73 Å². The minimum atomic E-state index is -4.77. The van der Waals surface area contributed by atoms with Crippen LogP contribution in [-0.2, 0) is 25.0 Å². The number of rotatable bonds is 7. The van der Waals surface area contributed by atoms with E-state index in [1.54, 1.807) is 0 Å². The number of anilines is 1. The molecule has 0 fully saturated rings. The molecule has 0 heterocycles. The van der Waals surface area contributed by atoms with Gasteiger partial charge in [0.05, 0.1) is 44.2 Å². The molecule has 3 N–H and O–H groups in total. The molecule has 48 heavy (non-hydrogen) atoms. The van der Waals surface area contributed by atoms with Crippen LogP contribution in [0.5, 0.6) is 0 Å². The number of azo groups is 2. The van der Waals surface area contributed by atoms with Gasteiger partial charge in [-0.25, -0.2) is 8.42 Å². The molecule has 228 valence electrons. The Morgan fingerprint density at radius 2 is 1.06 bits per heavy atom. The number of hydrogen-bond acceptors (Lipinski definition) is 14. The van der Waals surface area contributed by atoms with E-state index in [-0.39, 0.29) is 128 Å². The normalized spacial score (nSPS) is 12.1. The fourth-order valence-corrected chi connectivity index (χ4v) is 5.19. The second-order valence-corrected chi connectivity index (χ2v) is 12.0. The molecule has 20 heteroatoms. The molecule has 0 spiro atoms. The van der Waals surface area contributed by atoms with E-state index in [1.807, 2.05) is 0 Å². The summed E-state index contributed by atoms with van der Waals surface area (Å²) in [7, 11) is -9.38. The minimum absolute atomic E-state index is 0. The van der Waals surface area contributed by atoms with Gasteiger partial charge in [0.15, 0.2) is 0 Å². The summed E-state index contributed by atoms with van der Waals surface area (Å²) in [6, 6.07) is 18.8. The molecule has 0 amide bonds. The summed E-state index contributed by atoms with van der Waals surface area (Å²) in [4.78, 5) is 13.0. The average molecular weight is 715 g/mol. The molecule has 0 saturated heterocycles. The summed E-state index contributed by atoms with van der Waals surface area (Å²) < 4.78 is 68.1. The Balaban J connectivity index is 0.00000267. The van der Waals surface area contributed by atoms with Gasteiger partial charge in [0.25, 0.3) is 10.1 Å². The third-order valence-corrected chi connectivity index (χ3v) is 8.00. The molecule has 5 aromatic rings. The molecule has 5 aromatic carbocycles. The van der Waals surface area contributed by atoms with E-state index in [1.165, 1.54) is 60.7 Å². The molecule has 0 aliphatic rings. The summed E-state index contributed by atoms with van der Waals surface area (Å²) in [5.41, 5.74) is 7.22. The maximum atomic E-state index is 11.9. The molecule has 0 saturated carbocycles. The molecule has 0 atom stereocenters. The van der Waals surface area contributed by atoms with Crippen molar-refractivity contribution in [2.45, 2.75) is 9.79 Å². The predicted octanol–water partition coefficient (Wildman–Crippen LogP) is -5.29. The number of aliphatic imine (C=N–C) groups is 1. The Morgan fingerprint density at radius 1 is 0.604 bits per heavy atom. The second-order valence-electron chi connectivity index (χ2n) is 9.24. The number of nitrogens with two attached hydrogens (primary N) is 1. The second kappa shape index (κ2) is 16.9. The van der Waals surface area contributed by atoms with E-state index in [2.05, 4.69) is 25.4 Å². The molecular formula is C28H17N6Na3O9S2. The van der Waals surface area contributed by atoms with Crippen molar-refractivity contribution in [3.8, 4) is 0 Å². The Labute approximate surface area is 339 Å². The van der Waals surface area contributed by atoms with Crippen LogP contribution in [0, 0.1) is 0 Å². The quantitative estimate of drug-likeness (QED) is 0.0404. The summed E-state index contributed by atoms with van der Waals surface area (Å²) >= 11 is 0. The number of nitrogens with zero attached hydrogens (tertiary/aromatic N) is 5. The van der Waals surface area contributed by atoms with E-state index in [4.69, 9.17) is 5.73 Å². The van der Waals surface area contributed by atoms with Crippen LogP contribution in [0.25, 0.3) is 21.5 Å². The topological polar surface area (TPSA) is 263 Å². The van der Waals surface area contributed by atoms with Crippen molar-refractivity contribution in [1.29, 1.82) is 0 Å². The van der Waals surface area contributed by atoms with E-state index in [0.29, 0.717) is 16.5 Å². The maximum absolute atomic E-state index is 11.9. The molecule has 15 nitrogen and oxygen atoms in total. The van der Waals surface area contributed by atoms with Gasteiger partial charge in [0.1, 0.15) is 10.1 Å². The largest absolute Gasteiger partial charge is 1.00 e. The van der Waals surface area contributed by atoms with Gasteiger partial charge in [-0.2, -0.15) is 13.5 Å². The first kappa shape index (κ1) is 41.6. The SMILES string of the molecule is Nc1ccc(N=Nc2ccc(N=Nc3ccc(N=C([O-])C(=O)[O-])cc3)c3cc(S(=O)(=O)O)ccc23)c2cc(S(=O)(=O)[O-])ccc12.[Na+].[Na+].[Na+]. The van der Waals surface area contributed by atoms with Crippen molar-refractivity contribution in [2.24, 2.45) is 25.4 Å². The van der Waals surface area contributed by atoms with Crippen LogP contribution in [0.3, 0.4) is 0 Å². The van der Waals surface area contributed by atoms with Crippen molar-refractivity contribution < 1.29 is 130 Å². The molecule has 0 unspecified atom stereocenters. The number of aliphatic carboxylic acids is 1. The Kier molecular flexibility index (Phi) is 14.6. The fraction of sp³-hybridized carbons (Fsp3) is 0. The van der Waals surface area contributed by atoms with Gasteiger partial charge < -0.3 is 25.3 Å². The third-order valence-electron chi connectivity index (χ3n) is 6.32. The average Bonchev–Trinajstić information content (AvgIpc) is 2.99. The number of carbonyl (C=O) groups excluding carboxylic acids is 1. The predicted molar refractivity (Wildman–Crippen MR) is 157 cm³/mol. The van der Waals surface area contributed by atoms with Crippen molar-refractivity contribution in [3.63, 3.8) is 0 Å². The Morgan fingerprint density at radius 3 is 1.62 bits per heavy atom. The number of carboxylic acid groups (broad SMARTS) is 1. The van der Waals surface area contributed by atoms with Crippen LogP contribution >= 0.6 is 0 Å². The molecule has 0 bridgehead atoms. The van der Waals surface area contributed by atoms with Gasteiger partial charge in [-0.3, -0.25) is 9.55 Å². The van der Waals surface area contributed by atoms with Crippen LogP contribution < -0.4 is 105 Å². The van der Waals surface area contributed by atoms with Gasteiger partial charge in [0, 0.05) is 33.1 Å². The van der Waals surface area contributed by atoms with Crippen molar-refractivity contribution in [1.82, 2.24) is 0 Å². The zero-order valence-corrected chi connectivity index (χ0v) is 33.1. The minimum Gasteiger partial charge on any atom is -0.857 e. The number of hydrogen-bond donors (Lipinski definition) is 2. The zero-order valence-electron chi connectivity index (χ0n) is 25.4. The van der Waals surface area contributed by atoms with Gasteiger partial charge in [-0.15, -0.1) is 15.3 Å². The fourth-order valence-electron chi connectivity index (χ4n) is 4.18. The number of nitrogen functional groups attached to an aromatic ring is 1. The van der Waals surface area contributed by atoms with E-state index in [9.17, 15) is 40.9 Å². The first-order valence-corrected chi connectivity index (χ1v) is 15.3. The maximum Gasteiger partial charge on any atom is 1.00 e. The summed E-state index contributed by atoms with van der Waals surface area (Å²) in [6.45, 7) is 0. The van der Waals surface area contributed by atoms with Gasteiger partial charge in [-0.05, 0) is 72.8 Å². The van der Waals surface area contributed by atoms with Crippen molar-refractivity contribution in [3.05, 3.63) is 84.9 Å². The molecule has 0 aliphatic heterocycles. The zero-order chi connectivity index (χ0) is 32.5. The van der Waals surface area contributed by atoms with Gasteiger partial charge in [-0.1, -0.05) is 12.1 Å². The first-order valence-electron chi connectivity index (χ1n) is 12.4. The third kappa shape index (κ3) is 9.75. The van der Waals surface area contributed by atoms with Gasteiger partial charge in [0.2, 0.25) is 0 Å².